The normalized spacial score (nSPS) is 38.5. The molecule has 0 aromatic carbocycles. The third kappa shape index (κ3) is 1.24. The third-order valence-electron chi connectivity index (χ3n) is 1.52. The summed E-state index contributed by atoms with van der Waals surface area (Å²) >= 11 is 5.92. The number of hydrogen-bond acceptors (Lipinski definition) is 2. The van der Waals surface area contributed by atoms with Crippen molar-refractivity contribution in [3.63, 3.8) is 0 Å². The first kappa shape index (κ1) is 7.79. The Kier molecular flexibility index (Phi) is 2.14. The highest BCUT2D eigenvalue weighted by molar-refractivity contribution is 6.25. The molecule has 0 saturated carbocycles. The molecule has 2 unspecified atom stereocenters. The Bertz CT molecular complexity index is 178. The van der Waals surface area contributed by atoms with Crippen molar-refractivity contribution in [2.24, 2.45) is 5.73 Å². The molecule has 0 saturated heterocycles. The summed E-state index contributed by atoms with van der Waals surface area (Å²) in [5.41, 5.74) is 5.63. The number of alkyl halides is 1. The molecule has 0 bridgehead atoms. The molecule has 1 aliphatic carbocycles. The monoisotopic (exact) mass is 159 g/mol. The minimum absolute atomic E-state index is 0.260. The number of hydrogen-bond donors (Lipinski definition) is 1. The Morgan fingerprint density at radius 1 is 1.60 bits per heavy atom. The fraction of sp³-hybridized carbons (Fsp3) is 0.429. The minimum Gasteiger partial charge on any atom is -0.357 e. The fourth-order valence-corrected chi connectivity index (χ4v) is 0.963. The van der Waals surface area contributed by atoms with Gasteiger partial charge in [-0.05, 0) is 6.08 Å². The predicted molar refractivity (Wildman–Crippen MR) is 41.8 cm³/mol. The number of rotatable bonds is 1. The van der Waals surface area contributed by atoms with Crippen LogP contribution in [0.2, 0.25) is 0 Å². The summed E-state index contributed by atoms with van der Waals surface area (Å²) in [6.45, 7) is 0. The van der Waals surface area contributed by atoms with Crippen molar-refractivity contribution in [3.05, 3.63) is 24.3 Å². The second kappa shape index (κ2) is 2.74. The standard InChI is InChI=1S/C7H10ClNO/c1-10-7(8)5-3-2-4-6(7)9/h2-6H,9H2,1H3. The first-order valence-electron chi connectivity index (χ1n) is 3.05. The number of halogens is 1. The molecule has 0 fully saturated rings. The molecule has 1 aliphatic rings. The highest BCUT2D eigenvalue weighted by Gasteiger charge is 2.30. The van der Waals surface area contributed by atoms with Gasteiger partial charge in [-0.2, -0.15) is 0 Å². The second-order valence-electron chi connectivity index (χ2n) is 2.17. The molecule has 2 atom stereocenters. The van der Waals surface area contributed by atoms with Crippen LogP contribution in [0.5, 0.6) is 0 Å². The van der Waals surface area contributed by atoms with E-state index >= 15 is 0 Å². The SMILES string of the molecule is COC1(Cl)C=CC=CC1N. The zero-order chi connectivity index (χ0) is 7.61. The van der Waals surface area contributed by atoms with Gasteiger partial charge in [0.1, 0.15) is 0 Å². The molecule has 0 spiro atoms. The van der Waals surface area contributed by atoms with E-state index in [1.54, 1.807) is 12.2 Å². The Morgan fingerprint density at radius 3 is 2.70 bits per heavy atom. The zero-order valence-corrected chi connectivity index (χ0v) is 6.51. The molecule has 0 radical (unpaired) electrons. The van der Waals surface area contributed by atoms with Crippen molar-refractivity contribution in [3.8, 4) is 0 Å². The first-order valence-corrected chi connectivity index (χ1v) is 3.42. The van der Waals surface area contributed by atoms with E-state index in [9.17, 15) is 0 Å². The molecule has 0 aliphatic heterocycles. The van der Waals surface area contributed by atoms with E-state index in [4.69, 9.17) is 22.1 Å². The predicted octanol–water partition coefficient (Wildman–Crippen LogP) is 1.02. The van der Waals surface area contributed by atoms with Crippen molar-refractivity contribution in [2.75, 3.05) is 7.11 Å². The topological polar surface area (TPSA) is 35.2 Å². The molecular weight excluding hydrogens is 150 g/mol. The van der Waals surface area contributed by atoms with Crippen LogP contribution < -0.4 is 5.73 Å². The van der Waals surface area contributed by atoms with E-state index in [0.29, 0.717) is 0 Å². The molecule has 0 aromatic heterocycles. The lowest BCUT2D eigenvalue weighted by Gasteiger charge is -2.28. The quantitative estimate of drug-likeness (QED) is 0.580. The summed E-state index contributed by atoms with van der Waals surface area (Å²) in [5.74, 6) is 0. The summed E-state index contributed by atoms with van der Waals surface area (Å²) in [6, 6.07) is -0.260. The molecule has 56 valence electrons. The molecule has 0 amide bonds. The van der Waals surface area contributed by atoms with Gasteiger partial charge in [-0.25, -0.2) is 0 Å². The number of allylic oxidation sites excluding steroid dienone is 2. The van der Waals surface area contributed by atoms with Gasteiger partial charge in [-0.1, -0.05) is 29.8 Å². The summed E-state index contributed by atoms with van der Waals surface area (Å²) < 4.78 is 4.99. The Balaban J connectivity index is 2.77. The summed E-state index contributed by atoms with van der Waals surface area (Å²) in [5, 5.41) is -0.839. The van der Waals surface area contributed by atoms with Gasteiger partial charge in [0, 0.05) is 7.11 Å². The van der Waals surface area contributed by atoms with E-state index < -0.39 is 5.06 Å². The highest BCUT2D eigenvalue weighted by atomic mass is 35.5. The minimum atomic E-state index is -0.839. The first-order chi connectivity index (χ1) is 4.69. The molecule has 3 heteroatoms. The maximum absolute atomic E-state index is 5.92. The van der Waals surface area contributed by atoms with Crippen molar-refractivity contribution in [1.82, 2.24) is 0 Å². The van der Waals surface area contributed by atoms with E-state index in [1.807, 2.05) is 12.2 Å². The molecule has 2 N–H and O–H groups in total. The van der Waals surface area contributed by atoms with Gasteiger partial charge in [0.05, 0.1) is 6.04 Å². The van der Waals surface area contributed by atoms with Crippen molar-refractivity contribution < 1.29 is 4.74 Å². The summed E-state index contributed by atoms with van der Waals surface area (Å²) in [7, 11) is 1.54. The van der Waals surface area contributed by atoms with Gasteiger partial charge in [0.2, 0.25) is 0 Å². The Morgan fingerprint density at radius 2 is 2.30 bits per heavy atom. The largest absolute Gasteiger partial charge is 0.357 e. The van der Waals surface area contributed by atoms with Crippen LogP contribution in [0.4, 0.5) is 0 Å². The van der Waals surface area contributed by atoms with Crippen LogP contribution in [0.15, 0.2) is 24.3 Å². The molecule has 2 nitrogen and oxygen atoms in total. The van der Waals surface area contributed by atoms with Crippen LogP contribution >= 0.6 is 11.6 Å². The lowest BCUT2D eigenvalue weighted by atomic mass is 10.1. The van der Waals surface area contributed by atoms with Crippen molar-refractivity contribution >= 4 is 11.6 Å². The average molecular weight is 160 g/mol. The van der Waals surface area contributed by atoms with Crippen LogP contribution in [0.1, 0.15) is 0 Å². The van der Waals surface area contributed by atoms with Crippen LogP contribution in [-0.4, -0.2) is 18.2 Å². The van der Waals surface area contributed by atoms with Gasteiger partial charge in [-0.15, -0.1) is 0 Å². The summed E-state index contributed by atoms with van der Waals surface area (Å²) in [6.07, 6.45) is 7.21. The van der Waals surface area contributed by atoms with E-state index in [2.05, 4.69) is 0 Å². The molecular formula is C7H10ClNO. The van der Waals surface area contributed by atoms with Gasteiger partial charge < -0.3 is 10.5 Å². The average Bonchev–Trinajstić information content (AvgIpc) is 1.96. The highest BCUT2D eigenvalue weighted by Crippen LogP contribution is 2.24. The van der Waals surface area contributed by atoms with Gasteiger partial charge in [0.25, 0.3) is 0 Å². The Labute approximate surface area is 65.3 Å². The fourth-order valence-electron chi connectivity index (χ4n) is 0.817. The third-order valence-corrected chi connectivity index (χ3v) is 2.05. The van der Waals surface area contributed by atoms with Crippen molar-refractivity contribution in [2.45, 2.75) is 11.1 Å². The van der Waals surface area contributed by atoms with E-state index in [1.165, 1.54) is 7.11 Å². The lowest BCUT2D eigenvalue weighted by Crippen LogP contribution is -2.43. The number of methoxy groups -OCH3 is 1. The van der Waals surface area contributed by atoms with Crippen LogP contribution in [-0.2, 0) is 4.74 Å². The molecule has 0 heterocycles. The number of nitrogens with two attached hydrogens (primary N) is 1. The van der Waals surface area contributed by atoms with Crippen LogP contribution in [0.25, 0.3) is 0 Å². The van der Waals surface area contributed by atoms with Crippen molar-refractivity contribution in [1.29, 1.82) is 0 Å². The lowest BCUT2D eigenvalue weighted by molar-refractivity contribution is 0.0927. The Hall–Kier alpha value is -0.310. The van der Waals surface area contributed by atoms with Gasteiger partial charge >= 0.3 is 0 Å². The van der Waals surface area contributed by atoms with E-state index in [0.717, 1.165) is 0 Å². The van der Waals surface area contributed by atoms with Crippen LogP contribution in [0.3, 0.4) is 0 Å². The molecule has 10 heavy (non-hydrogen) atoms. The summed E-state index contributed by atoms with van der Waals surface area (Å²) in [4.78, 5) is 0. The second-order valence-corrected chi connectivity index (χ2v) is 2.76. The van der Waals surface area contributed by atoms with Crippen LogP contribution in [0, 0.1) is 0 Å². The maximum Gasteiger partial charge on any atom is 0.178 e. The van der Waals surface area contributed by atoms with E-state index in [-0.39, 0.29) is 6.04 Å². The van der Waals surface area contributed by atoms with Gasteiger partial charge in [0.15, 0.2) is 5.06 Å². The van der Waals surface area contributed by atoms with Gasteiger partial charge in [-0.3, -0.25) is 0 Å². The smallest absolute Gasteiger partial charge is 0.178 e. The zero-order valence-electron chi connectivity index (χ0n) is 5.75. The molecule has 1 rings (SSSR count). The maximum atomic E-state index is 5.92. The molecule has 0 aromatic rings. The number of ether oxygens (including phenoxy) is 1.